The van der Waals surface area contributed by atoms with Crippen molar-refractivity contribution in [3.63, 3.8) is 0 Å². The Bertz CT molecular complexity index is 324. The molecule has 0 saturated heterocycles. The van der Waals surface area contributed by atoms with Crippen molar-refractivity contribution in [2.75, 3.05) is 13.6 Å². The van der Waals surface area contributed by atoms with Crippen LogP contribution in [0.15, 0.2) is 5.38 Å². The molecule has 1 heterocycles. The number of aromatic nitrogens is 1. The molecule has 0 spiro atoms. The Morgan fingerprint density at radius 3 is 2.71 bits per heavy atom. The van der Waals surface area contributed by atoms with Crippen molar-refractivity contribution in [1.82, 2.24) is 15.2 Å². The number of hydrogen-bond acceptors (Lipinski definition) is 4. The van der Waals surface area contributed by atoms with E-state index < -0.39 is 0 Å². The third-order valence-electron chi connectivity index (χ3n) is 3.20. The fourth-order valence-corrected chi connectivity index (χ4v) is 2.17. The largest absolute Gasteiger partial charge is 0.313 e. The van der Waals surface area contributed by atoms with E-state index in [4.69, 9.17) is 0 Å². The van der Waals surface area contributed by atoms with E-state index in [9.17, 15) is 0 Å². The van der Waals surface area contributed by atoms with Gasteiger partial charge in [0.2, 0.25) is 0 Å². The van der Waals surface area contributed by atoms with E-state index in [2.05, 4.69) is 55.3 Å². The van der Waals surface area contributed by atoms with Crippen LogP contribution >= 0.6 is 11.3 Å². The average molecular weight is 255 g/mol. The lowest BCUT2D eigenvalue weighted by Crippen LogP contribution is -2.40. The van der Waals surface area contributed by atoms with E-state index in [1.807, 2.05) is 0 Å². The monoisotopic (exact) mass is 255 g/mol. The highest BCUT2D eigenvalue weighted by Gasteiger charge is 2.11. The van der Waals surface area contributed by atoms with Crippen molar-refractivity contribution in [3.8, 4) is 0 Å². The Morgan fingerprint density at radius 1 is 1.47 bits per heavy atom. The fraction of sp³-hybridized carbons (Fsp3) is 0.769. The van der Waals surface area contributed by atoms with Gasteiger partial charge in [-0.25, -0.2) is 4.98 Å². The zero-order chi connectivity index (χ0) is 12.8. The van der Waals surface area contributed by atoms with Crippen molar-refractivity contribution < 1.29 is 0 Å². The summed E-state index contributed by atoms with van der Waals surface area (Å²) in [5.41, 5.74) is 1.19. The Balaban J connectivity index is 2.33. The summed E-state index contributed by atoms with van der Waals surface area (Å²) in [5.74, 6) is 0. The quantitative estimate of drug-likeness (QED) is 0.812. The van der Waals surface area contributed by atoms with Crippen molar-refractivity contribution in [2.45, 2.75) is 52.7 Å². The van der Waals surface area contributed by atoms with Gasteiger partial charge in [0.05, 0.1) is 10.7 Å². The molecule has 0 saturated carbocycles. The molecule has 0 aliphatic heterocycles. The minimum Gasteiger partial charge on any atom is -0.313 e. The highest BCUT2D eigenvalue weighted by molar-refractivity contribution is 7.09. The summed E-state index contributed by atoms with van der Waals surface area (Å²) in [7, 11) is 2.16. The number of likely N-dealkylation sites (N-methyl/N-ethyl adjacent to an activating group) is 1. The van der Waals surface area contributed by atoms with Gasteiger partial charge in [-0.2, -0.15) is 0 Å². The van der Waals surface area contributed by atoms with Crippen LogP contribution in [0.1, 0.15) is 37.9 Å². The Hall–Kier alpha value is -0.450. The summed E-state index contributed by atoms with van der Waals surface area (Å²) in [5, 5.41) is 6.85. The van der Waals surface area contributed by atoms with Gasteiger partial charge < -0.3 is 5.32 Å². The van der Waals surface area contributed by atoms with Gasteiger partial charge in [0.1, 0.15) is 0 Å². The molecule has 1 aromatic rings. The molecule has 0 fully saturated rings. The maximum absolute atomic E-state index is 4.50. The molecule has 3 nitrogen and oxygen atoms in total. The predicted octanol–water partition coefficient (Wildman–Crippen LogP) is 2.66. The number of nitrogens with zero attached hydrogens (tertiary/aromatic N) is 2. The first-order chi connectivity index (χ1) is 8.02. The summed E-state index contributed by atoms with van der Waals surface area (Å²) < 4.78 is 0. The fourth-order valence-electron chi connectivity index (χ4n) is 1.56. The van der Waals surface area contributed by atoms with Crippen LogP contribution in [0.2, 0.25) is 0 Å². The van der Waals surface area contributed by atoms with E-state index in [1.165, 1.54) is 12.1 Å². The molecule has 1 aromatic heterocycles. The summed E-state index contributed by atoms with van der Waals surface area (Å²) in [6.07, 6.45) is 1.18. The van der Waals surface area contributed by atoms with Gasteiger partial charge in [0.25, 0.3) is 0 Å². The topological polar surface area (TPSA) is 28.2 Å². The smallest absolute Gasteiger partial charge is 0.0897 e. The number of thiazole rings is 1. The van der Waals surface area contributed by atoms with Crippen molar-refractivity contribution in [2.24, 2.45) is 0 Å². The number of aryl methyl sites for hydroxylation is 1. The molecule has 1 N–H and O–H groups in total. The summed E-state index contributed by atoms with van der Waals surface area (Å²) in [6, 6.07) is 1.14. The molecule has 1 rings (SSSR count). The standard InChI is InChI=1S/C13H25N3S/c1-6-10(2)14-7-11(3)16(5)8-13-9-17-12(4)15-13/h9-11,14H,6-8H2,1-5H3. The third kappa shape index (κ3) is 5.15. The van der Waals surface area contributed by atoms with E-state index in [-0.39, 0.29) is 0 Å². The predicted molar refractivity (Wildman–Crippen MR) is 75.5 cm³/mol. The van der Waals surface area contributed by atoms with Crippen LogP contribution < -0.4 is 5.32 Å². The first-order valence-corrected chi connectivity index (χ1v) is 7.25. The Kier molecular flexibility index (Phi) is 6.09. The lowest BCUT2D eigenvalue weighted by molar-refractivity contribution is 0.235. The maximum atomic E-state index is 4.50. The highest BCUT2D eigenvalue weighted by atomic mass is 32.1. The lowest BCUT2D eigenvalue weighted by Gasteiger charge is -2.25. The molecule has 0 aliphatic rings. The van der Waals surface area contributed by atoms with Gasteiger partial charge >= 0.3 is 0 Å². The molecule has 0 aromatic carbocycles. The molecule has 2 unspecified atom stereocenters. The van der Waals surface area contributed by atoms with E-state index >= 15 is 0 Å². The number of hydrogen-bond donors (Lipinski definition) is 1. The molecule has 0 aliphatic carbocycles. The lowest BCUT2D eigenvalue weighted by atomic mass is 10.2. The highest BCUT2D eigenvalue weighted by Crippen LogP contribution is 2.11. The number of nitrogens with one attached hydrogen (secondary N) is 1. The minimum absolute atomic E-state index is 0.533. The molecule has 17 heavy (non-hydrogen) atoms. The molecule has 0 bridgehead atoms. The van der Waals surface area contributed by atoms with Gasteiger partial charge in [-0.3, -0.25) is 4.90 Å². The molecule has 4 heteroatoms. The summed E-state index contributed by atoms with van der Waals surface area (Å²) in [4.78, 5) is 6.85. The van der Waals surface area contributed by atoms with Gasteiger partial charge in [-0.15, -0.1) is 11.3 Å². The average Bonchev–Trinajstić information content (AvgIpc) is 2.70. The second-order valence-electron chi connectivity index (χ2n) is 4.84. The van der Waals surface area contributed by atoms with Crippen LogP contribution in [0.4, 0.5) is 0 Å². The summed E-state index contributed by atoms with van der Waals surface area (Å²) in [6.45, 7) is 10.7. The normalized spacial score (nSPS) is 15.2. The molecule has 98 valence electrons. The zero-order valence-corrected chi connectivity index (χ0v) is 12.5. The Morgan fingerprint density at radius 2 is 2.18 bits per heavy atom. The van der Waals surface area contributed by atoms with Gasteiger partial charge in [0, 0.05) is 30.6 Å². The Labute approximate surface area is 109 Å². The van der Waals surface area contributed by atoms with Gasteiger partial charge in [0.15, 0.2) is 0 Å². The molecular formula is C13H25N3S. The van der Waals surface area contributed by atoms with Crippen LogP contribution in [-0.2, 0) is 6.54 Å². The van der Waals surface area contributed by atoms with E-state index in [1.54, 1.807) is 11.3 Å². The van der Waals surface area contributed by atoms with Crippen molar-refractivity contribution in [3.05, 3.63) is 16.1 Å². The van der Waals surface area contributed by atoms with Gasteiger partial charge in [-0.05, 0) is 34.2 Å². The van der Waals surface area contributed by atoms with Crippen LogP contribution in [-0.4, -0.2) is 35.6 Å². The van der Waals surface area contributed by atoms with E-state index in [0.717, 1.165) is 18.1 Å². The molecular weight excluding hydrogens is 230 g/mol. The van der Waals surface area contributed by atoms with Crippen molar-refractivity contribution >= 4 is 11.3 Å². The second-order valence-corrected chi connectivity index (χ2v) is 5.90. The second kappa shape index (κ2) is 7.09. The van der Waals surface area contributed by atoms with Crippen LogP contribution in [0.25, 0.3) is 0 Å². The van der Waals surface area contributed by atoms with Crippen LogP contribution in [0, 0.1) is 6.92 Å². The van der Waals surface area contributed by atoms with Gasteiger partial charge in [-0.1, -0.05) is 6.92 Å². The first kappa shape index (κ1) is 14.6. The third-order valence-corrected chi connectivity index (χ3v) is 4.03. The minimum atomic E-state index is 0.533. The van der Waals surface area contributed by atoms with Crippen molar-refractivity contribution in [1.29, 1.82) is 0 Å². The molecule has 2 atom stereocenters. The van der Waals surface area contributed by atoms with Crippen LogP contribution in [0.3, 0.4) is 0 Å². The summed E-state index contributed by atoms with van der Waals surface area (Å²) >= 11 is 1.73. The molecule has 0 radical (unpaired) electrons. The first-order valence-electron chi connectivity index (χ1n) is 6.37. The number of rotatable bonds is 7. The maximum Gasteiger partial charge on any atom is 0.0897 e. The SMILES string of the molecule is CCC(C)NCC(C)N(C)Cc1csc(C)n1. The van der Waals surface area contributed by atoms with Crippen LogP contribution in [0.5, 0.6) is 0 Å². The zero-order valence-electron chi connectivity index (χ0n) is 11.7. The van der Waals surface area contributed by atoms with E-state index in [0.29, 0.717) is 12.1 Å². The molecule has 0 amide bonds.